The molecule has 0 N–H and O–H groups in total. The van der Waals surface area contributed by atoms with Gasteiger partial charge in [-0.1, -0.05) is 24.3 Å². The van der Waals surface area contributed by atoms with Crippen molar-refractivity contribution < 1.29 is 19.0 Å². The molecule has 5 heteroatoms. The topological polar surface area (TPSA) is 44.8 Å². The summed E-state index contributed by atoms with van der Waals surface area (Å²) in [5, 5.41) is 0. The number of halogens is 1. The van der Waals surface area contributed by atoms with E-state index in [1.165, 1.54) is 7.11 Å². The Morgan fingerprint density at radius 2 is 1.61 bits per heavy atom. The Morgan fingerprint density at radius 3 is 2.17 bits per heavy atom. The zero-order valence-corrected chi connectivity index (χ0v) is 14.7. The van der Waals surface area contributed by atoms with Crippen LogP contribution in [0, 0.1) is 0 Å². The molecular formula is C18H17BrO4. The van der Waals surface area contributed by atoms with Crippen LogP contribution in [-0.4, -0.2) is 27.3 Å². The standard InChI is InChI=1S/C18H17BrO4/c1-21-16-11-17(22-2)15(19)10-14(16)9-6-12-4-7-13(8-5-12)18(20)23-3/h4-11H,1-3H3. The van der Waals surface area contributed by atoms with Crippen molar-refractivity contribution in [3.05, 3.63) is 57.6 Å². The average molecular weight is 377 g/mol. The minimum Gasteiger partial charge on any atom is -0.496 e. The summed E-state index contributed by atoms with van der Waals surface area (Å²) in [6.45, 7) is 0. The highest BCUT2D eigenvalue weighted by molar-refractivity contribution is 9.10. The fourth-order valence-corrected chi connectivity index (χ4v) is 2.57. The molecule has 0 aliphatic carbocycles. The van der Waals surface area contributed by atoms with Crippen molar-refractivity contribution in [3.63, 3.8) is 0 Å². The lowest BCUT2D eigenvalue weighted by molar-refractivity contribution is 0.0600. The lowest BCUT2D eigenvalue weighted by atomic mass is 10.1. The van der Waals surface area contributed by atoms with Gasteiger partial charge in [-0.3, -0.25) is 0 Å². The molecule has 0 unspecified atom stereocenters. The van der Waals surface area contributed by atoms with Crippen molar-refractivity contribution in [2.75, 3.05) is 21.3 Å². The van der Waals surface area contributed by atoms with E-state index in [2.05, 4.69) is 20.7 Å². The molecule has 0 saturated carbocycles. The first-order valence-corrected chi connectivity index (χ1v) is 7.66. The van der Waals surface area contributed by atoms with Gasteiger partial charge in [-0.25, -0.2) is 4.79 Å². The van der Waals surface area contributed by atoms with Crippen molar-refractivity contribution in [2.45, 2.75) is 0 Å². The molecule has 0 bridgehead atoms. The summed E-state index contributed by atoms with van der Waals surface area (Å²) >= 11 is 3.46. The Bertz CT molecular complexity index is 721. The van der Waals surface area contributed by atoms with Gasteiger partial charge < -0.3 is 14.2 Å². The lowest BCUT2D eigenvalue weighted by Crippen LogP contribution is -2.00. The van der Waals surface area contributed by atoms with Crippen LogP contribution in [-0.2, 0) is 4.74 Å². The maximum atomic E-state index is 11.4. The van der Waals surface area contributed by atoms with Gasteiger partial charge >= 0.3 is 5.97 Å². The number of methoxy groups -OCH3 is 3. The number of ether oxygens (including phenoxy) is 3. The fourth-order valence-electron chi connectivity index (χ4n) is 2.05. The van der Waals surface area contributed by atoms with Gasteiger partial charge in [-0.2, -0.15) is 0 Å². The third-order valence-corrected chi connectivity index (χ3v) is 3.91. The summed E-state index contributed by atoms with van der Waals surface area (Å²) in [5.74, 6) is 1.08. The van der Waals surface area contributed by atoms with Crippen LogP contribution >= 0.6 is 15.9 Å². The van der Waals surface area contributed by atoms with E-state index in [4.69, 9.17) is 9.47 Å². The van der Waals surface area contributed by atoms with E-state index >= 15 is 0 Å². The van der Waals surface area contributed by atoms with Gasteiger partial charge in [0.05, 0.1) is 31.4 Å². The van der Waals surface area contributed by atoms with Crippen molar-refractivity contribution >= 4 is 34.1 Å². The Labute approximate surface area is 143 Å². The molecule has 2 rings (SSSR count). The number of benzene rings is 2. The second kappa shape index (κ2) is 7.83. The van der Waals surface area contributed by atoms with Crippen molar-refractivity contribution in [2.24, 2.45) is 0 Å². The van der Waals surface area contributed by atoms with Crippen molar-refractivity contribution in [3.8, 4) is 11.5 Å². The first-order valence-electron chi connectivity index (χ1n) is 6.87. The molecule has 2 aromatic rings. The highest BCUT2D eigenvalue weighted by Gasteiger charge is 2.07. The average Bonchev–Trinajstić information content (AvgIpc) is 2.59. The zero-order chi connectivity index (χ0) is 16.8. The number of carbonyl (C=O) groups is 1. The fraction of sp³-hybridized carbons (Fsp3) is 0.167. The molecule has 0 aliphatic heterocycles. The van der Waals surface area contributed by atoms with Gasteiger partial charge in [0.1, 0.15) is 11.5 Å². The van der Waals surface area contributed by atoms with Crippen LogP contribution in [0.4, 0.5) is 0 Å². The number of rotatable bonds is 5. The molecule has 0 heterocycles. The summed E-state index contributed by atoms with van der Waals surface area (Å²) in [7, 11) is 4.59. The molecule has 0 fully saturated rings. The number of hydrogen-bond acceptors (Lipinski definition) is 4. The smallest absolute Gasteiger partial charge is 0.337 e. The van der Waals surface area contributed by atoms with Crippen LogP contribution in [0.2, 0.25) is 0 Å². The lowest BCUT2D eigenvalue weighted by Gasteiger charge is -2.09. The Balaban J connectivity index is 2.26. The van der Waals surface area contributed by atoms with E-state index in [1.807, 2.05) is 36.4 Å². The first kappa shape index (κ1) is 17.1. The predicted molar refractivity (Wildman–Crippen MR) is 94.0 cm³/mol. The summed E-state index contributed by atoms with van der Waals surface area (Å²) < 4.78 is 16.2. The van der Waals surface area contributed by atoms with E-state index in [0.717, 1.165) is 15.6 Å². The monoisotopic (exact) mass is 376 g/mol. The van der Waals surface area contributed by atoms with Crippen molar-refractivity contribution in [1.29, 1.82) is 0 Å². The zero-order valence-electron chi connectivity index (χ0n) is 13.1. The molecule has 2 aromatic carbocycles. The van der Waals surface area contributed by atoms with Gasteiger partial charge in [0.15, 0.2) is 0 Å². The second-order valence-electron chi connectivity index (χ2n) is 4.68. The molecular weight excluding hydrogens is 360 g/mol. The Morgan fingerprint density at radius 1 is 0.957 bits per heavy atom. The number of carbonyl (C=O) groups excluding carboxylic acids is 1. The molecule has 0 spiro atoms. The Hall–Kier alpha value is -2.27. The summed E-state index contributed by atoms with van der Waals surface area (Å²) in [5.41, 5.74) is 2.40. The van der Waals surface area contributed by atoms with E-state index in [-0.39, 0.29) is 5.97 Å². The van der Waals surface area contributed by atoms with E-state index < -0.39 is 0 Å². The quantitative estimate of drug-likeness (QED) is 0.572. The third-order valence-electron chi connectivity index (χ3n) is 3.29. The van der Waals surface area contributed by atoms with Crippen LogP contribution in [0.1, 0.15) is 21.5 Å². The number of hydrogen-bond donors (Lipinski definition) is 0. The van der Waals surface area contributed by atoms with Gasteiger partial charge in [0, 0.05) is 11.6 Å². The molecule has 23 heavy (non-hydrogen) atoms. The third kappa shape index (κ3) is 4.13. The number of esters is 1. The van der Waals surface area contributed by atoms with Gasteiger partial charge in [-0.05, 0) is 39.7 Å². The molecule has 0 atom stereocenters. The van der Waals surface area contributed by atoms with E-state index in [0.29, 0.717) is 17.1 Å². The summed E-state index contributed by atoms with van der Waals surface area (Å²) in [6.07, 6.45) is 3.88. The second-order valence-corrected chi connectivity index (χ2v) is 5.53. The van der Waals surface area contributed by atoms with Gasteiger partial charge in [0.25, 0.3) is 0 Å². The normalized spacial score (nSPS) is 10.6. The first-order chi connectivity index (χ1) is 11.1. The molecule has 0 aromatic heterocycles. The van der Waals surface area contributed by atoms with Gasteiger partial charge in [-0.15, -0.1) is 0 Å². The van der Waals surface area contributed by atoms with Crippen molar-refractivity contribution in [1.82, 2.24) is 0 Å². The molecule has 0 amide bonds. The predicted octanol–water partition coefficient (Wildman–Crippen LogP) is 4.42. The van der Waals surface area contributed by atoms with E-state index in [9.17, 15) is 4.79 Å². The van der Waals surface area contributed by atoms with Crippen LogP contribution in [0.15, 0.2) is 40.9 Å². The maximum absolute atomic E-state index is 11.4. The van der Waals surface area contributed by atoms with Crippen LogP contribution in [0.5, 0.6) is 11.5 Å². The van der Waals surface area contributed by atoms with E-state index in [1.54, 1.807) is 26.4 Å². The highest BCUT2D eigenvalue weighted by Crippen LogP contribution is 2.33. The Kier molecular flexibility index (Phi) is 5.82. The minimum absolute atomic E-state index is 0.346. The summed E-state index contributed by atoms with van der Waals surface area (Å²) in [4.78, 5) is 11.4. The highest BCUT2D eigenvalue weighted by atomic mass is 79.9. The maximum Gasteiger partial charge on any atom is 0.337 e. The molecule has 0 aliphatic rings. The minimum atomic E-state index is -0.346. The van der Waals surface area contributed by atoms with Crippen LogP contribution in [0.25, 0.3) is 12.2 Å². The van der Waals surface area contributed by atoms with Gasteiger partial charge in [0.2, 0.25) is 0 Å². The molecule has 0 radical (unpaired) electrons. The van der Waals surface area contributed by atoms with Crippen LogP contribution in [0.3, 0.4) is 0 Å². The molecule has 120 valence electrons. The molecule has 4 nitrogen and oxygen atoms in total. The summed E-state index contributed by atoms with van der Waals surface area (Å²) in [6, 6.07) is 10.9. The molecule has 0 saturated heterocycles. The van der Waals surface area contributed by atoms with Crippen LogP contribution < -0.4 is 9.47 Å². The largest absolute Gasteiger partial charge is 0.496 e. The SMILES string of the molecule is COC(=O)c1ccc(C=Cc2cc(Br)c(OC)cc2OC)cc1.